The fourth-order valence-corrected chi connectivity index (χ4v) is 2.26. The van der Waals surface area contributed by atoms with Crippen molar-refractivity contribution in [1.82, 2.24) is 5.32 Å². The van der Waals surface area contributed by atoms with E-state index < -0.39 is 30.3 Å². The summed E-state index contributed by atoms with van der Waals surface area (Å²) in [5, 5.41) is 2.57. The van der Waals surface area contributed by atoms with Gasteiger partial charge in [-0.15, -0.1) is 0 Å². The molecule has 1 unspecified atom stereocenters. The summed E-state index contributed by atoms with van der Waals surface area (Å²) < 4.78 is 18.0. The van der Waals surface area contributed by atoms with Crippen molar-refractivity contribution in [2.75, 3.05) is 6.61 Å². The molecule has 0 spiro atoms. The second-order valence-corrected chi connectivity index (χ2v) is 6.10. The van der Waals surface area contributed by atoms with Crippen molar-refractivity contribution in [2.45, 2.75) is 19.9 Å². The van der Waals surface area contributed by atoms with Gasteiger partial charge in [0.05, 0.1) is 0 Å². The van der Waals surface area contributed by atoms with Gasteiger partial charge in [-0.25, -0.2) is 9.18 Å². The van der Waals surface area contributed by atoms with Gasteiger partial charge in [-0.3, -0.25) is 9.59 Å². The van der Waals surface area contributed by atoms with E-state index in [0.29, 0.717) is 5.56 Å². The van der Waals surface area contributed by atoms with E-state index in [1.807, 2.05) is 0 Å². The Morgan fingerprint density at radius 2 is 1.58 bits per heavy atom. The molecule has 2 aromatic rings. The molecule has 0 aliphatic carbocycles. The Hall–Kier alpha value is -3.02. The van der Waals surface area contributed by atoms with Crippen LogP contribution in [0, 0.1) is 11.7 Å². The Kier molecular flexibility index (Phi) is 6.60. The minimum atomic E-state index is -0.920. The molecule has 1 atom stereocenters. The summed E-state index contributed by atoms with van der Waals surface area (Å²) in [6.07, 6.45) is 0. The SMILES string of the molecule is CC(C)C(NC(=O)c1ccc(F)cc1)C(=O)OCC(=O)c1ccccc1. The third-order valence-electron chi connectivity index (χ3n) is 3.75. The Morgan fingerprint density at radius 3 is 2.15 bits per heavy atom. The second-order valence-electron chi connectivity index (χ2n) is 6.10. The number of benzene rings is 2. The molecule has 0 saturated carbocycles. The van der Waals surface area contributed by atoms with Gasteiger partial charge in [0.2, 0.25) is 0 Å². The van der Waals surface area contributed by atoms with E-state index in [0.717, 1.165) is 12.1 Å². The standard InChI is InChI=1S/C20H20FNO4/c1-13(2)18(22-19(24)15-8-10-16(21)11-9-15)20(25)26-12-17(23)14-6-4-3-5-7-14/h3-11,13,18H,12H2,1-2H3,(H,22,24). The molecule has 136 valence electrons. The zero-order valence-corrected chi connectivity index (χ0v) is 14.6. The quantitative estimate of drug-likeness (QED) is 0.611. The molecular weight excluding hydrogens is 337 g/mol. The minimum absolute atomic E-state index is 0.227. The lowest BCUT2D eigenvalue weighted by Gasteiger charge is -2.20. The Labute approximate surface area is 151 Å². The van der Waals surface area contributed by atoms with Crippen molar-refractivity contribution < 1.29 is 23.5 Å². The lowest BCUT2D eigenvalue weighted by molar-refractivity contribution is -0.145. The van der Waals surface area contributed by atoms with E-state index in [9.17, 15) is 18.8 Å². The Bertz CT molecular complexity index is 772. The Morgan fingerprint density at radius 1 is 0.962 bits per heavy atom. The lowest BCUT2D eigenvalue weighted by Crippen LogP contribution is -2.45. The van der Waals surface area contributed by atoms with Crippen molar-refractivity contribution in [3.8, 4) is 0 Å². The van der Waals surface area contributed by atoms with E-state index >= 15 is 0 Å². The smallest absolute Gasteiger partial charge is 0.329 e. The molecule has 5 nitrogen and oxygen atoms in total. The molecule has 0 aliphatic heterocycles. The van der Waals surface area contributed by atoms with Crippen LogP contribution in [0.3, 0.4) is 0 Å². The first kappa shape index (κ1) is 19.3. The first-order chi connectivity index (χ1) is 12.4. The van der Waals surface area contributed by atoms with Gasteiger partial charge in [0.25, 0.3) is 5.91 Å². The van der Waals surface area contributed by atoms with Crippen LogP contribution in [0.4, 0.5) is 4.39 Å². The van der Waals surface area contributed by atoms with Crippen LogP contribution in [0.15, 0.2) is 54.6 Å². The zero-order chi connectivity index (χ0) is 19.1. The number of ether oxygens (including phenoxy) is 1. The van der Waals surface area contributed by atoms with Gasteiger partial charge in [0.15, 0.2) is 12.4 Å². The van der Waals surface area contributed by atoms with Crippen molar-refractivity contribution in [3.63, 3.8) is 0 Å². The third kappa shape index (κ3) is 5.24. The molecule has 2 aromatic carbocycles. The van der Waals surface area contributed by atoms with Crippen molar-refractivity contribution in [2.24, 2.45) is 5.92 Å². The number of halogens is 1. The zero-order valence-electron chi connectivity index (χ0n) is 14.6. The van der Waals surface area contributed by atoms with E-state index in [-0.39, 0.29) is 17.3 Å². The van der Waals surface area contributed by atoms with Crippen LogP contribution in [-0.4, -0.2) is 30.3 Å². The fourth-order valence-electron chi connectivity index (χ4n) is 2.26. The van der Waals surface area contributed by atoms with Crippen LogP contribution < -0.4 is 5.32 Å². The van der Waals surface area contributed by atoms with Crippen LogP contribution in [0.2, 0.25) is 0 Å². The predicted molar refractivity (Wildman–Crippen MR) is 94.2 cm³/mol. The molecule has 26 heavy (non-hydrogen) atoms. The number of esters is 1. The molecular formula is C20H20FNO4. The molecule has 1 N–H and O–H groups in total. The summed E-state index contributed by atoms with van der Waals surface area (Å²) in [4.78, 5) is 36.5. The summed E-state index contributed by atoms with van der Waals surface area (Å²) in [6, 6.07) is 12.5. The molecule has 0 radical (unpaired) electrons. The third-order valence-corrected chi connectivity index (χ3v) is 3.75. The van der Waals surface area contributed by atoms with E-state index in [4.69, 9.17) is 4.74 Å². The van der Waals surface area contributed by atoms with Gasteiger partial charge in [-0.1, -0.05) is 44.2 Å². The molecule has 0 aromatic heterocycles. The van der Waals surface area contributed by atoms with Gasteiger partial charge in [-0.05, 0) is 30.2 Å². The number of hydrogen-bond acceptors (Lipinski definition) is 4. The van der Waals surface area contributed by atoms with Gasteiger partial charge in [0.1, 0.15) is 11.9 Å². The van der Waals surface area contributed by atoms with Crippen LogP contribution in [-0.2, 0) is 9.53 Å². The highest BCUT2D eigenvalue weighted by atomic mass is 19.1. The van der Waals surface area contributed by atoms with Gasteiger partial charge >= 0.3 is 5.97 Å². The van der Waals surface area contributed by atoms with Gasteiger partial charge in [-0.2, -0.15) is 0 Å². The number of Topliss-reactive ketones (excluding diaryl/α,β-unsaturated/α-hetero) is 1. The van der Waals surface area contributed by atoms with E-state index in [1.165, 1.54) is 12.1 Å². The van der Waals surface area contributed by atoms with Crippen LogP contribution in [0.5, 0.6) is 0 Å². The van der Waals surface area contributed by atoms with Gasteiger partial charge in [0, 0.05) is 11.1 Å². The molecule has 0 saturated heterocycles. The topological polar surface area (TPSA) is 72.5 Å². The highest BCUT2D eigenvalue weighted by molar-refractivity contribution is 5.99. The number of nitrogens with one attached hydrogen (secondary N) is 1. The number of carbonyl (C=O) groups excluding carboxylic acids is 3. The van der Waals surface area contributed by atoms with Crippen LogP contribution >= 0.6 is 0 Å². The predicted octanol–water partition coefficient (Wildman–Crippen LogP) is 3.01. The highest BCUT2D eigenvalue weighted by Crippen LogP contribution is 2.09. The molecule has 0 aliphatic rings. The molecule has 1 amide bonds. The average molecular weight is 357 g/mol. The number of rotatable bonds is 7. The number of carbonyl (C=O) groups is 3. The number of amides is 1. The number of hydrogen-bond donors (Lipinski definition) is 1. The summed E-state index contributed by atoms with van der Waals surface area (Å²) in [5.41, 5.74) is 0.668. The summed E-state index contributed by atoms with van der Waals surface area (Å²) in [6.45, 7) is 3.09. The van der Waals surface area contributed by atoms with Crippen LogP contribution in [0.1, 0.15) is 34.6 Å². The minimum Gasteiger partial charge on any atom is -0.456 e. The first-order valence-corrected chi connectivity index (χ1v) is 8.20. The monoisotopic (exact) mass is 357 g/mol. The van der Waals surface area contributed by atoms with E-state index in [1.54, 1.807) is 44.2 Å². The first-order valence-electron chi connectivity index (χ1n) is 8.20. The summed E-state index contributed by atoms with van der Waals surface area (Å²) in [7, 11) is 0. The lowest BCUT2D eigenvalue weighted by atomic mass is 10.0. The summed E-state index contributed by atoms with van der Waals surface area (Å²) in [5.74, 6) is -2.25. The maximum Gasteiger partial charge on any atom is 0.329 e. The average Bonchev–Trinajstić information content (AvgIpc) is 2.64. The molecule has 0 heterocycles. The Balaban J connectivity index is 1.97. The molecule has 0 fully saturated rings. The van der Waals surface area contributed by atoms with Crippen molar-refractivity contribution in [1.29, 1.82) is 0 Å². The highest BCUT2D eigenvalue weighted by Gasteiger charge is 2.26. The fraction of sp³-hybridized carbons (Fsp3) is 0.250. The summed E-state index contributed by atoms with van der Waals surface area (Å²) >= 11 is 0. The van der Waals surface area contributed by atoms with Crippen molar-refractivity contribution >= 4 is 17.7 Å². The maximum absolute atomic E-state index is 12.9. The molecule has 2 rings (SSSR count). The normalized spacial score (nSPS) is 11.7. The van der Waals surface area contributed by atoms with Gasteiger partial charge < -0.3 is 10.1 Å². The molecule has 6 heteroatoms. The van der Waals surface area contributed by atoms with E-state index in [2.05, 4.69) is 5.32 Å². The molecule has 0 bridgehead atoms. The second kappa shape index (κ2) is 8.89. The number of ketones is 1. The largest absolute Gasteiger partial charge is 0.456 e. The van der Waals surface area contributed by atoms with Crippen LogP contribution in [0.25, 0.3) is 0 Å². The maximum atomic E-state index is 12.9. The van der Waals surface area contributed by atoms with Crippen molar-refractivity contribution in [3.05, 3.63) is 71.5 Å².